The van der Waals surface area contributed by atoms with Gasteiger partial charge in [-0.1, -0.05) is 124 Å². The molecule has 2 spiro atoms. The van der Waals surface area contributed by atoms with Gasteiger partial charge in [0.1, 0.15) is 0 Å². The third-order valence-corrected chi connectivity index (χ3v) is 16.7. The van der Waals surface area contributed by atoms with Gasteiger partial charge in [0.15, 0.2) is 0 Å². The fraction of sp³-hybridized carbons (Fsp3) is 0.333. The minimum Gasteiger partial charge on any atom is -0.310 e. The van der Waals surface area contributed by atoms with E-state index in [0.717, 1.165) is 23.7 Å². The van der Waals surface area contributed by atoms with E-state index >= 15 is 0 Å². The van der Waals surface area contributed by atoms with Crippen LogP contribution in [0, 0.1) is 23.7 Å². The molecule has 0 aliphatic heterocycles. The Balaban J connectivity index is 1.07. The molecule has 0 aromatic heterocycles. The lowest BCUT2D eigenvalue weighted by molar-refractivity contribution is 0.106. The fourth-order valence-electron chi connectivity index (χ4n) is 14.8. The van der Waals surface area contributed by atoms with Crippen molar-refractivity contribution in [1.82, 2.24) is 0 Å². The summed E-state index contributed by atoms with van der Waals surface area (Å²) in [4.78, 5) is 2.70. The van der Waals surface area contributed by atoms with Gasteiger partial charge >= 0.3 is 0 Å². The van der Waals surface area contributed by atoms with Crippen molar-refractivity contribution in [2.45, 2.75) is 87.9 Å². The van der Waals surface area contributed by atoms with Gasteiger partial charge in [-0.05, 0) is 166 Å². The Bertz CT molecular complexity index is 2610. The Hall–Kier alpha value is -4.88. The molecule has 270 valence electrons. The highest BCUT2D eigenvalue weighted by molar-refractivity contribution is 5.93. The Kier molecular flexibility index (Phi) is 6.09. The summed E-state index contributed by atoms with van der Waals surface area (Å²) in [6, 6.07) is 50.5. The van der Waals surface area contributed by atoms with Gasteiger partial charge in [0.05, 0.1) is 5.69 Å². The van der Waals surface area contributed by atoms with Gasteiger partial charge in [-0.2, -0.15) is 0 Å². The lowest BCUT2D eigenvalue weighted by Gasteiger charge is -2.49. The SMILES string of the molecule is CC1(C)c2ccccc2-c2cccc(N(c3ccc4c(c3)C3(CCCC3)c3ccccc3-4)c3ccc4c(c3)C3(c5ccccc5-4)C4CCC5CC3CC5C4)c21. The molecule has 1 nitrogen and oxygen atoms in total. The van der Waals surface area contributed by atoms with Crippen molar-refractivity contribution in [3.63, 3.8) is 0 Å². The first-order valence-electron chi connectivity index (χ1n) is 21.5. The third-order valence-electron chi connectivity index (χ3n) is 16.7. The average Bonchev–Trinajstić information content (AvgIpc) is 4.01. The Morgan fingerprint density at radius 1 is 0.473 bits per heavy atom. The molecule has 5 unspecified atom stereocenters. The van der Waals surface area contributed by atoms with Gasteiger partial charge in [-0.3, -0.25) is 0 Å². The van der Waals surface area contributed by atoms with E-state index in [1.165, 1.54) is 119 Å². The largest absolute Gasteiger partial charge is 0.310 e. The van der Waals surface area contributed by atoms with Crippen molar-refractivity contribution in [2.75, 3.05) is 4.90 Å². The van der Waals surface area contributed by atoms with Crippen LogP contribution in [0.25, 0.3) is 33.4 Å². The predicted molar refractivity (Wildman–Crippen MR) is 227 cm³/mol. The van der Waals surface area contributed by atoms with E-state index in [1.807, 2.05) is 0 Å². The number of fused-ring (bicyclic) bond motifs is 17. The molecule has 7 aliphatic rings. The molecule has 13 rings (SSSR count). The molecule has 7 aliphatic carbocycles. The summed E-state index contributed by atoms with van der Waals surface area (Å²) >= 11 is 0. The zero-order chi connectivity index (χ0) is 36.3. The molecule has 0 saturated heterocycles. The minimum atomic E-state index is -0.129. The van der Waals surface area contributed by atoms with E-state index in [9.17, 15) is 0 Å². The highest BCUT2D eigenvalue weighted by atomic mass is 15.1. The zero-order valence-electron chi connectivity index (χ0n) is 32.2. The van der Waals surface area contributed by atoms with E-state index in [1.54, 1.807) is 22.3 Å². The van der Waals surface area contributed by atoms with Gasteiger partial charge in [-0.15, -0.1) is 0 Å². The smallest absolute Gasteiger partial charge is 0.0508 e. The predicted octanol–water partition coefficient (Wildman–Crippen LogP) is 14.0. The lowest BCUT2D eigenvalue weighted by atomic mass is 9.54. The van der Waals surface area contributed by atoms with Crippen molar-refractivity contribution in [3.05, 3.63) is 161 Å². The zero-order valence-corrected chi connectivity index (χ0v) is 32.2. The van der Waals surface area contributed by atoms with Crippen LogP contribution in [-0.4, -0.2) is 0 Å². The van der Waals surface area contributed by atoms with Crippen LogP contribution in [0.1, 0.15) is 105 Å². The molecule has 0 heterocycles. The molecule has 3 bridgehead atoms. The van der Waals surface area contributed by atoms with Crippen LogP contribution < -0.4 is 4.90 Å². The Morgan fingerprint density at radius 2 is 1.04 bits per heavy atom. The lowest BCUT2D eigenvalue weighted by Crippen LogP contribution is -2.45. The molecule has 4 saturated carbocycles. The van der Waals surface area contributed by atoms with E-state index < -0.39 is 0 Å². The van der Waals surface area contributed by atoms with Crippen molar-refractivity contribution >= 4 is 17.1 Å². The van der Waals surface area contributed by atoms with Crippen molar-refractivity contribution in [2.24, 2.45) is 23.7 Å². The van der Waals surface area contributed by atoms with Gasteiger partial charge in [0.25, 0.3) is 0 Å². The minimum absolute atomic E-state index is 0.117. The van der Waals surface area contributed by atoms with Crippen molar-refractivity contribution < 1.29 is 0 Å². The standard InChI is InChI=1S/C54H49N/c1-52(2)45-16-6-3-14-41(45)44-15-11-19-50(51(44)52)55(37-22-24-42-39-12-4-7-17-46(39)53(48(42)31-37)26-9-10-27-53)38-23-25-43-40-13-5-8-18-47(40)54(49(43)32-38)35-21-20-33-28-36(54)30-34(33)29-35/h3-8,11-19,22-25,31-36H,9-10,20-21,26-30H2,1-2H3. The van der Waals surface area contributed by atoms with Crippen molar-refractivity contribution in [3.8, 4) is 33.4 Å². The van der Waals surface area contributed by atoms with Crippen LogP contribution >= 0.6 is 0 Å². The Morgan fingerprint density at radius 3 is 1.80 bits per heavy atom. The number of hydrogen-bond donors (Lipinski definition) is 0. The highest BCUT2D eigenvalue weighted by Crippen LogP contribution is 2.70. The van der Waals surface area contributed by atoms with Crippen LogP contribution in [0.5, 0.6) is 0 Å². The molecule has 55 heavy (non-hydrogen) atoms. The normalized spacial score (nSPS) is 27.2. The molecule has 0 N–H and O–H groups in total. The summed E-state index contributed by atoms with van der Waals surface area (Å²) in [6.45, 7) is 4.91. The molecule has 6 aromatic carbocycles. The second-order valence-electron chi connectivity index (χ2n) is 19.1. The molecular formula is C54H49N. The van der Waals surface area contributed by atoms with E-state index in [2.05, 4.69) is 146 Å². The van der Waals surface area contributed by atoms with Crippen LogP contribution in [0.4, 0.5) is 17.1 Å². The van der Waals surface area contributed by atoms with Gasteiger partial charge < -0.3 is 4.90 Å². The second kappa shape index (κ2) is 10.7. The maximum absolute atomic E-state index is 2.71. The maximum Gasteiger partial charge on any atom is 0.0508 e. The molecule has 4 fully saturated rings. The van der Waals surface area contributed by atoms with Crippen LogP contribution in [0.15, 0.2) is 127 Å². The monoisotopic (exact) mass is 711 g/mol. The maximum atomic E-state index is 2.71. The first kappa shape index (κ1) is 31.3. The van der Waals surface area contributed by atoms with Crippen LogP contribution in [0.3, 0.4) is 0 Å². The Labute approximate surface area is 326 Å². The van der Waals surface area contributed by atoms with Gasteiger partial charge in [0, 0.05) is 27.6 Å². The molecule has 5 atom stereocenters. The van der Waals surface area contributed by atoms with E-state index in [4.69, 9.17) is 0 Å². The average molecular weight is 712 g/mol. The first-order chi connectivity index (χ1) is 27.0. The first-order valence-corrected chi connectivity index (χ1v) is 21.5. The van der Waals surface area contributed by atoms with E-state index in [-0.39, 0.29) is 16.2 Å². The fourth-order valence-corrected chi connectivity index (χ4v) is 14.8. The molecule has 0 radical (unpaired) electrons. The summed E-state index contributed by atoms with van der Waals surface area (Å²) in [6.07, 6.45) is 12.1. The van der Waals surface area contributed by atoms with E-state index in [0.29, 0.717) is 0 Å². The summed E-state index contributed by atoms with van der Waals surface area (Å²) in [5.74, 6) is 3.35. The van der Waals surface area contributed by atoms with Crippen LogP contribution in [0.2, 0.25) is 0 Å². The summed E-state index contributed by atoms with van der Waals surface area (Å²) < 4.78 is 0. The summed E-state index contributed by atoms with van der Waals surface area (Å²) in [5, 5.41) is 0. The molecular weight excluding hydrogens is 663 g/mol. The second-order valence-corrected chi connectivity index (χ2v) is 19.1. The van der Waals surface area contributed by atoms with Gasteiger partial charge in [0.2, 0.25) is 0 Å². The quantitative estimate of drug-likeness (QED) is 0.177. The molecule has 1 heteroatoms. The molecule has 0 amide bonds. The number of nitrogens with zero attached hydrogens (tertiary/aromatic N) is 1. The summed E-state index contributed by atoms with van der Waals surface area (Å²) in [7, 11) is 0. The number of rotatable bonds is 3. The van der Waals surface area contributed by atoms with Crippen molar-refractivity contribution in [1.29, 1.82) is 0 Å². The number of anilines is 3. The number of benzene rings is 6. The number of hydrogen-bond acceptors (Lipinski definition) is 1. The topological polar surface area (TPSA) is 3.24 Å². The van der Waals surface area contributed by atoms with Gasteiger partial charge in [-0.25, -0.2) is 0 Å². The highest BCUT2D eigenvalue weighted by Gasteiger charge is 2.62. The molecule has 6 aromatic rings. The summed E-state index contributed by atoms with van der Waals surface area (Å²) in [5.41, 5.74) is 22.0. The third kappa shape index (κ3) is 3.77. The van der Waals surface area contributed by atoms with Crippen LogP contribution in [-0.2, 0) is 16.2 Å².